The topological polar surface area (TPSA) is 34.1 Å². The van der Waals surface area contributed by atoms with Crippen molar-refractivity contribution in [1.29, 1.82) is 0 Å². The van der Waals surface area contributed by atoms with E-state index in [-0.39, 0.29) is 0 Å². The highest BCUT2D eigenvalue weighted by atomic mass is 16.5. The minimum absolute atomic E-state index is 0.318. The van der Waals surface area contributed by atoms with Crippen molar-refractivity contribution in [2.24, 2.45) is 0 Å². The van der Waals surface area contributed by atoms with Gasteiger partial charge in [0.1, 0.15) is 0 Å². The maximum Gasteiger partial charge on any atom is 0.0702 e. The van der Waals surface area contributed by atoms with Crippen molar-refractivity contribution in [3.8, 4) is 0 Å². The van der Waals surface area contributed by atoms with Crippen LogP contribution in [0.1, 0.15) is 38.3 Å². The summed E-state index contributed by atoms with van der Waals surface area (Å²) < 4.78 is 5.49. The van der Waals surface area contributed by atoms with Gasteiger partial charge in [0, 0.05) is 30.8 Å². The molecule has 1 N–H and O–H groups in total. The lowest BCUT2D eigenvalue weighted by Gasteiger charge is -2.19. The van der Waals surface area contributed by atoms with Crippen molar-refractivity contribution in [2.75, 3.05) is 19.8 Å². The number of pyridine rings is 1. The molecule has 2 rings (SSSR count). The van der Waals surface area contributed by atoms with Crippen molar-refractivity contribution < 1.29 is 4.74 Å². The van der Waals surface area contributed by atoms with Crippen LogP contribution in [0.2, 0.25) is 0 Å². The second-order valence-corrected chi connectivity index (χ2v) is 4.95. The number of nitrogens with zero attached hydrogens (tertiary/aromatic N) is 1. The molecular weight excluding hydrogens is 248 g/mol. The molecule has 2 aromatic rings. The van der Waals surface area contributed by atoms with Gasteiger partial charge in [-0.25, -0.2) is 0 Å². The number of nitrogens with one attached hydrogen (secondary N) is 1. The Morgan fingerprint density at radius 2 is 2.10 bits per heavy atom. The molecule has 0 spiro atoms. The van der Waals surface area contributed by atoms with E-state index >= 15 is 0 Å². The highest BCUT2D eigenvalue weighted by Gasteiger charge is 2.11. The predicted molar refractivity (Wildman–Crippen MR) is 83.9 cm³/mol. The molecule has 1 unspecified atom stereocenters. The van der Waals surface area contributed by atoms with Crippen molar-refractivity contribution in [3.05, 3.63) is 42.1 Å². The van der Waals surface area contributed by atoms with Crippen LogP contribution in [0.25, 0.3) is 10.9 Å². The van der Waals surface area contributed by atoms with Crippen molar-refractivity contribution in [2.45, 2.75) is 32.7 Å². The Hall–Kier alpha value is -1.45. The van der Waals surface area contributed by atoms with E-state index in [0.29, 0.717) is 6.04 Å². The van der Waals surface area contributed by atoms with E-state index in [1.165, 1.54) is 10.9 Å². The molecule has 0 radical (unpaired) electrons. The molecule has 3 heteroatoms. The first kappa shape index (κ1) is 14.9. The molecule has 0 saturated carbocycles. The Kier molecular flexibility index (Phi) is 5.96. The first-order valence-electron chi connectivity index (χ1n) is 7.51. The second kappa shape index (κ2) is 7.98. The lowest BCUT2D eigenvalue weighted by Crippen LogP contribution is -2.23. The summed E-state index contributed by atoms with van der Waals surface area (Å²) in [5, 5.41) is 4.79. The molecule has 0 saturated heterocycles. The smallest absolute Gasteiger partial charge is 0.0702 e. The zero-order valence-electron chi connectivity index (χ0n) is 12.4. The SMILES string of the molecule is CCCNC(CCOCC)c1cnc2ccccc2c1. The van der Waals surface area contributed by atoms with E-state index in [4.69, 9.17) is 4.74 Å². The highest BCUT2D eigenvalue weighted by molar-refractivity contribution is 5.78. The third kappa shape index (κ3) is 4.02. The third-order valence-electron chi connectivity index (χ3n) is 3.41. The van der Waals surface area contributed by atoms with Gasteiger partial charge in [0.15, 0.2) is 0 Å². The number of aromatic nitrogens is 1. The van der Waals surface area contributed by atoms with Crippen LogP contribution in [0.3, 0.4) is 0 Å². The first-order valence-corrected chi connectivity index (χ1v) is 7.51. The van der Waals surface area contributed by atoms with Crippen molar-refractivity contribution in [1.82, 2.24) is 10.3 Å². The fraction of sp³-hybridized carbons (Fsp3) is 0.471. The van der Waals surface area contributed by atoms with Gasteiger partial charge in [0.2, 0.25) is 0 Å². The molecular formula is C17H24N2O. The zero-order chi connectivity index (χ0) is 14.2. The lowest BCUT2D eigenvalue weighted by atomic mass is 10.0. The average molecular weight is 272 g/mol. The minimum Gasteiger partial charge on any atom is -0.382 e. The van der Waals surface area contributed by atoms with Crippen LogP contribution in [0.15, 0.2) is 36.5 Å². The maximum atomic E-state index is 5.49. The van der Waals surface area contributed by atoms with Crippen molar-refractivity contribution in [3.63, 3.8) is 0 Å². The van der Waals surface area contributed by atoms with Gasteiger partial charge >= 0.3 is 0 Å². The molecule has 0 aliphatic rings. The van der Waals surface area contributed by atoms with Gasteiger partial charge in [-0.3, -0.25) is 4.98 Å². The van der Waals surface area contributed by atoms with Gasteiger partial charge in [-0.05, 0) is 44.0 Å². The fourth-order valence-corrected chi connectivity index (χ4v) is 2.33. The first-order chi connectivity index (χ1) is 9.85. The number of para-hydroxylation sites is 1. The Morgan fingerprint density at radius 1 is 1.25 bits per heavy atom. The molecule has 0 aliphatic carbocycles. The molecule has 1 atom stereocenters. The van der Waals surface area contributed by atoms with E-state index in [9.17, 15) is 0 Å². The third-order valence-corrected chi connectivity index (χ3v) is 3.41. The summed E-state index contributed by atoms with van der Waals surface area (Å²) in [6, 6.07) is 10.8. The normalized spacial score (nSPS) is 12.7. The molecule has 1 aromatic heterocycles. The van der Waals surface area contributed by atoms with Crippen LogP contribution >= 0.6 is 0 Å². The van der Waals surface area contributed by atoms with E-state index in [1.807, 2.05) is 25.3 Å². The molecule has 0 aliphatic heterocycles. The van der Waals surface area contributed by atoms with E-state index in [1.54, 1.807) is 0 Å². The summed E-state index contributed by atoms with van der Waals surface area (Å²) in [5.41, 5.74) is 2.30. The number of rotatable bonds is 8. The predicted octanol–water partition coefficient (Wildman–Crippen LogP) is 3.70. The molecule has 0 bridgehead atoms. The number of ether oxygens (including phenoxy) is 1. The van der Waals surface area contributed by atoms with Crippen LogP contribution in [-0.2, 0) is 4.74 Å². The molecule has 0 fully saturated rings. The summed E-state index contributed by atoms with van der Waals surface area (Å²) in [4.78, 5) is 4.56. The van der Waals surface area contributed by atoms with E-state index in [0.717, 1.165) is 38.1 Å². The molecule has 0 amide bonds. The summed E-state index contributed by atoms with van der Waals surface area (Å²) in [5.74, 6) is 0. The monoisotopic (exact) mass is 272 g/mol. The highest BCUT2D eigenvalue weighted by Crippen LogP contribution is 2.20. The second-order valence-electron chi connectivity index (χ2n) is 4.95. The summed E-state index contributed by atoms with van der Waals surface area (Å²) in [7, 11) is 0. The molecule has 1 heterocycles. The number of benzene rings is 1. The zero-order valence-corrected chi connectivity index (χ0v) is 12.4. The van der Waals surface area contributed by atoms with E-state index in [2.05, 4.69) is 35.4 Å². The van der Waals surface area contributed by atoms with Gasteiger partial charge < -0.3 is 10.1 Å². The number of hydrogen-bond donors (Lipinski definition) is 1. The fourth-order valence-electron chi connectivity index (χ4n) is 2.33. The van der Waals surface area contributed by atoms with Gasteiger partial charge in [-0.15, -0.1) is 0 Å². The Labute approximate surface area is 121 Å². The largest absolute Gasteiger partial charge is 0.382 e. The summed E-state index contributed by atoms with van der Waals surface area (Å²) in [6.07, 6.45) is 4.10. The van der Waals surface area contributed by atoms with Gasteiger partial charge in [-0.1, -0.05) is 25.1 Å². The average Bonchev–Trinajstić information content (AvgIpc) is 2.50. The molecule has 1 aromatic carbocycles. The van der Waals surface area contributed by atoms with Crippen LogP contribution in [0.5, 0.6) is 0 Å². The lowest BCUT2D eigenvalue weighted by molar-refractivity contribution is 0.136. The quantitative estimate of drug-likeness (QED) is 0.744. The van der Waals surface area contributed by atoms with Gasteiger partial charge in [0.25, 0.3) is 0 Å². The standard InChI is InChI=1S/C17H24N2O/c1-3-10-18-17(9-11-20-4-2)15-12-14-7-5-6-8-16(14)19-13-15/h5-8,12-13,17-18H,3-4,9-11H2,1-2H3. The molecule has 3 nitrogen and oxygen atoms in total. The Bertz CT molecular complexity index is 527. The maximum absolute atomic E-state index is 5.49. The summed E-state index contributed by atoms with van der Waals surface area (Å²) >= 11 is 0. The van der Waals surface area contributed by atoms with Crippen LogP contribution in [0, 0.1) is 0 Å². The van der Waals surface area contributed by atoms with Crippen molar-refractivity contribution >= 4 is 10.9 Å². The molecule has 108 valence electrons. The Balaban J connectivity index is 2.15. The van der Waals surface area contributed by atoms with Gasteiger partial charge in [-0.2, -0.15) is 0 Å². The minimum atomic E-state index is 0.318. The summed E-state index contributed by atoms with van der Waals surface area (Å²) in [6.45, 7) is 6.79. The number of fused-ring (bicyclic) bond motifs is 1. The van der Waals surface area contributed by atoms with Gasteiger partial charge in [0.05, 0.1) is 5.52 Å². The molecule has 20 heavy (non-hydrogen) atoms. The van der Waals surface area contributed by atoms with Crippen LogP contribution in [-0.4, -0.2) is 24.7 Å². The number of hydrogen-bond acceptors (Lipinski definition) is 3. The van der Waals surface area contributed by atoms with Crippen LogP contribution in [0.4, 0.5) is 0 Å². The van der Waals surface area contributed by atoms with E-state index < -0.39 is 0 Å². The van der Waals surface area contributed by atoms with Crippen LogP contribution < -0.4 is 5.32 Å². The Morgan fingerprint density at radius 3 is 2.90 bits per heavy atom.